The van der Waals surface area contributed by atoms with Crippen LogP contribution in [0.2, 0.25) is 0 Å². The second-order valence-electron chi connectivity index (χ2n) is 2.87. The van der Waals surface area contributed by atoms with Gasteiger partial charge in [-0.05, 0) is 23.6 Å². The summed E-state index contributed by atoms with van der Waals surface area (Å²) >= 11 is 0. The van der Waals surface area contributed by atoms with Crippen LogP contribution >= 0.6 is 0 Å². The van der Waals surface area contributed by atoms with E-state index >= 15 is 0 Å². The molecule has 0 unspecified atom stereocenters. The van der Waals surface area contributed by atoms with Crippen LogP contribution in [0.3, 0.4) is 0 Å². The van der Waals surface area contributed by atoms with E-state index in [4.69, 9.17) is 0 Å². The Bertz CT molecular complexity index is 328. The predicted molar refractivity (Wildman–Crippen MR) is 59.4 cm³/mol. The van der Waals surface area contributed by atoms with Crippen LogP contribution in [0.1, 0.15) is 12.5 Å². The van der Waals surface area contributed by atoms with Gasteiger partial charge in [-0.25, -0.2) is 0 Å². The lowest BCUT2D eigenvalue weighted by atomic mass is 10.0. The normalized spacial score (nSPS) is 10.2. The third-order valence-corrected chi connectivity index (χ3v) is 1.88. The Morgan fingerprint density at radius 2 is 1.77 bits per heavy atom. The molecular weight excluding hydrogens is 156 g/mol. The van der Waals surface area contributed by atoms with Crippen molar-refractivity contribution in [3.8, 4) is 0 Å². The average molecular weight is 170 g/mol. The number of rotatable bonds is 3. The first-order chi connectivity index (χ1) is 6.25. The maximum atomic E-state index is 3.99. The molecule has 0 amide bonds. The van der Waals surface area contributed by atoms with Crippen molar-refractivity contribution in [1.82, 2.24) is 0 Å². The summed E-state index contributed by atoms with van der Waals surface area (Å²) in [4.78, 5) is 0. The standard InChI is InChI=1S/C13H14/c1-4-8-11(2)12(3)13-9-6-5-7-10-13/h4-10H,2-3H2,1H3/b8-4+. The van der Waals surface area contributed by atoms with Crippen LogP contribution in [0.25, 0.3) is 5.57 Å². The maximum absolute atomic E-state index is 3.99. The van der Waals surface area contributed by atoms with Gasteiger partial charge in [-0.3, -0.25) is 0 Å². The van der Waals surface area contributed by atoms with Crippen molar-refractivity contribution in [1.29, 1.82) is 0 Å². The zero-order valence-electron chi connectivity index (χ0n) is 7.96. The molecule has 0 atom stereocenters. The molecule has 0 aromatic heterocycles. The molecule has 1 aromatic carbocycles. The summed E-state index contributed by atoms with van der Waals surface area (Å²) in [5, 5.41) is 0. The molecule has 66 valence electrons. The van der Waals surface area contributed by atoms with Crippen LogP contribution in [-0.2, 0) is 0 Å². The van der Waals surface area contributed by atoms with Gasteiger partial charge in [0.15, 0.2) is 0 Å². The molecule has 0 saturated heterocycles. The van der Waals surface area contributed by atoms with Crippen LogP contribution in [0.5, 0.6) is 0 Å². The Kier molecular flexibility index (Phi) is 3.27. The summed E-state index contributed by atoms with van der Waals surface area (Å²) in [5.41, 5.74) is 3.08. The fourth-order valence-electron chi connectivity index (χ4n) is 1.13. The molecule has 0 heteroatoms. The number of hydrogen-bond acceptors (Lipinski definition) is 0. The molecular formula is C13H14. The van der Waals surface area contributed by atoms with E-state index < -0.39 is 0 Å². The van der Waals surface area contributed by atoms with E-state index in [2.05, 4.69) is 13.2 Å². The number of benzene rings is 1. The molecule has 0 N–H and O–H groups in total. The van der Waals surface area contributed by atoms with E-state index in [0.29, 0.717) is 0 Å². The molecule has 1 aromatic rings. The zero-order valence-corrected chi connectivity index (χ0v) is 7.96. The first-order valence-electron chi connectivity index (χ1n) is 4.32. The largest absolute Gasteiger partial charge is 0.0912 e. The topological polar surface area (TPSA) is 0 Å². The highest BCUT2D eigenvalue weighted by atomic mass is 14.0. The highest BCUT2D eigenvalue weighted by Gasteiger charge is 1.98. The van der Waals surface area contributed by atoms with Gasteiger partial charge in [-0.2, -0.15) is 0 Å². The lowest BCUT2D eigenvalue weighted by Crippen LogP contribution is -1.82. The van der Waals surface area contributed by atoms with Crippen molar-refractivity contribution in [2.45, 2.75) is 6.92 Å². The quantitative estimate of drug-likeness (QED) is 0.605. The third kappa shape index (κ3) is 2.45. The molecule has 0 radical (unpaired) electrons. The van der Waals surface area contributed by atoms with E-state index in [1.807, 2.05) is 49.4 Å². The van der Waals surface area contributed by atoms with Gasteiger partial charge in [0.05, 0.1) is 0 Å². The number of allylic oxidation sites excluding steroid dienone is 4. The molecule has 0 aliphatic heterocycles. The molecule has 13 heavy (non-hydrogen) atoms. The summed E-state index contributed by atoms with van der Waals surface area (Å²) in [5.74, 6) is 0. The van der Waals surface area contributed by atoms with E-state index in [1.54, 1.807) is 0 Å². The first kappa shape index (κ1) is 9.53. The second kappa shape index (κ2) is 4.46. The van der Waals surface area contributed by atoms with Crippen molar-refractivity contribution in [3.63, 3.8) is 0 Å². The second-order valence-corrected chi connectivity index (χ2v) is 2.87. The van der Waals surface area contributed by atoms with Crippen molar-refractivity contribution in [3.05, 3.63) is 66.8 Å². The lowest BCUT2D eigenvalue weighted by Gasteiger charge is -2.04. The zero-order chi connectivity index (χ0) is 9.68. The van der Waals surface area contributed by atoms with Crippen molar-refractivity contribution >= 4 is 5.57 Å². The highest BCUT2D eigenvalue weighted by Crippen LogP contribution is 2.19. The summed E-state index contributed by atoms with van der Waals surface area (Å²) in [6.45, 7) is 9.90. The van der Waals surface area contributed by atoms with Gasteiger partial charge in [-0.15, -0.1) is 0 Å². The van der Waals surface area contributed by atoms with E-state index in [0.717, 1.165) is 16.7 Å². The van der Waals surface area contributed by atoms with Crippen molar-refractivity contribution in [2.75, 3.05) is 0 Å². The Hall–Kier alpha value is -1.56. The maximum Gasteiger partial charge on any atom is -0.0184 e. The van der Waals surface area contributed by atoms with E-state index in [9.17, 15) is 0 Å². The summed E-state index contributed by atoms with van der Waals surface area (Å²) in [7, 11) is 0. The van der Waals surface area contributed by atoms with Crippen LogP contribution in [-0.4, -0.2) is 0 Å². The predicted octanol–water partition coefficient (Wildman–Crippen LogP) is 3.83. The molecule has 0 aliphatic carbocycles. The van der Waals surface area contributed by atoms with Gasteiger partial charge in [0, 0.05) is 0 Å². The fraction of sp³-hybridized carbons (Fsp3) is 0.0769. The summed E-state index contributed by atoms with van der Waals surface area (Å²) in [6.07, 6.45) is 3.94. The SMILES string of the molecule is C=C(/C=C/C)C(=C)c1ccccc1. The molecule has 1 rings (SSSR count). The van der Waals surface area contributed by atoms with Crippen LogP contribution in [0.4, 0.5) is 0 Å². The van der Waals surface area contributed by atoms with Gasteiger partial charge < -0.3 is 0 Å². The van der Waals surface area contributed by atoms with Crippen LogP contribution in [0.15, 0.2) is 61.2 Å². The minimum absolute atomic E-state index is 0.966. The van der Waals surface area contributed by atoms with Gasteiger partial charge >= 0.3 is 0 Å². The van der Waals surface area contributed by atoms with Gasteiger partial charge in [-0.1, -0.05) is 55.6 Å². The van der Waals surface area contributed by atoms with Gasteiger partial charge in [0.1, 0.15) is 0 Å². The Labute approximate surface area is 79.9 Å². The monoisotopic (exact) mass is 170 g/mol. The van der Waals surface area contributed by atoms with Crippen LogP contribution < -0.4 is 0 Å². The van der Waals surface area contributed by atoms with Crippen molar-refractivity contribution in [2.24, 2.45) is 0 Å². The number of hydrogen-bond donors (Lipinski definition) is 0. The minimum atomic E-state index is 0.966. The highest BCUT2D eigenvalue weighted by molar-refractivity contribution is 5.79. The van der Waals surface area contributed by atoms with E-state index in [1.165, 1.54) is 0 Å². The minimum Gasteiger partial charge on any atom is -0.0912 e. The average Bonchev–Trinajstić information content (AvgIpc) is 2.18. The lowest BCUT2D eigenvalue weighted by molar-refractivity contribution is 1.58. The molecule has 0 heterocycles. The summed E-state index contributed by atoms with van der Waals surface area (Å²) in [6, 6.07) is 10.1. The molecule has 0 spiro atoms. The van der Waals surface area contributed by atoms with E-state index in [-0.39, 0.29) is 0 Å². The fourth-order valence-corrected chi connectivity index (χ4v) is 1.13. The molecule has 0 bridgehead atoms. The third-order valence-electron chi connectivity index (χ3n) is 1.88. The molecule has 0 saturated carbocycles. The Balaban J connectivity index is 2.86. The van der Waals surface area contributed by atoms with Crippen molar-refractivity contribution < 1.29 is 0 Å². The first-order valence-corrected chi connectivity index (χ1v) is 4.32. The Morgan fingerprint density at radius 3 is 2.31 bits per heavy atom. The summed E-state index contributed by atoms with van der Waals surface area (Å²) < 4.78 is 0. The molecule has 0 aliphatic rings. The van der Waals surface area contributed by atoms with Crippen LogP contribution in [0, 0.1) is 0 Å². The molecule has 0 fully saturated rings. The van der Waals surface area contributed by atoms with Gasteiger partial charge in [0.2, 0.25) is 0 Å². The van der Waals surface area contributed by atoms with Gasteiger partial charge in [0.25, 0.3) is 0 Å². The molecule has 0 nitrogen and oxygen atoms in total. The smallest absolute Gasteiger partial charge is 0.0184 e. The Morgan fingerprint density at radius 1 is 1.15 bits per heavy atom.